The minimum atomic E-state index is 0.783. The van der Waals surface area contributed by atoms with Gasteiger partial charge in [-0.25, -0.2) is 0 Å². The van der Waals surface area contributed by atoms with Crippen LogP contribution in [0.4, 0.5) is 0 Å². The van der Waals surface area contributed by atoms with E-state index in [-0.39, 0.29) is 0 Å². The van der Waals surface area contributed by atoms with Crippen LogP contribution in [0.3, 0.4) is 0 Å². The summed E-state index contributed by atoms with van der Waals surface area (Å²) in [4.78, 5) is 0. The van der Waals surface area contributed by atoms with Crippen molar-refractivity contribution in [3.05, 3.63) is 0 Å². The molecule has 0 aromatic heterocycles. The van der Waals surface area contributed by atoms with E-state index in [0.29, 0.717) is 0 Å². The van der Waals surface area contributed by atoms with Crippen molar-refractivity contribution in [3.63, 3.8) is 0 Å². The van der Waals surface area contributed by atoms with Crippen molar-refractivity contribution in [1.82, 2.24) is 5.32 Å². The third-order valence-electron chi connectivity index (χ3n) is 3.95. The van der Waals surface area contributed by atoms with Crippen LogP contribution in [0.5, 0.6) is 0 Å². The molecule has 0 aromatic carbocycles. The van der Waals surface area contributed by atoms with Gasteiger partial charge in [0.25, 0.3) is 0 Å². The molecule has 16 heavy (non-hydrogen) atoms. The lowest BCUT2D eigenvalue weighted by Crippen LogP contribution is -2.43. The molecular weight excluding hydrogens is 214 g/mol. The number of hydrogen-bond donors (Lipinski definition) is 1. The molecule has 0 aliphatic heterocycles. The summed E-state index contributed by atoms with van der Waals surface area (Å²) in [5, 5.41) is 3.80. The smallest absolute Gasteiger partial charge is 0.0100 e. The molecule has 0 heterocycles. The van der Waals surface area contributed by atoms with Crippen LogP contribution in [-0.2, 0) is 0 Å². The van der Waals surface area contributed by atoms with Crippen LogP contribution < -0.4 is 5.32 Å². The molecule has 0 spiro atoms. The lowest BCUT2D eigenvalue weighted by Gasteiger charge is -2.38. The Bertz CT molecular complexity index is 182. The van der Waals surface area contributed by atoms with Gasteiger partial charge in [-0.15, -0.1) is 0 Å². The maximum atomic E-state index is 3.80. The Kier molecular flexibility index (Phi) is 6.83. The lowest BCUT2D eigenvalue weighted by molar-refractivity contribution is 0.171. The molecule has 1 fully saturated rings. The Balaban J connectivity index is 2.33. The molecule has 0 saturated heterocycles. The summed E-state index contributed by atoms with van der Waals surface area (Å²) in [7, 11) is 0. The summed E-state index contributed by atoms with van der Waals surface area (Å²) in [6.45, 7) is 8.39. The van der Waals surface area contributed by atoms with Gasteiger partial charge < -0.3 is 5.32 Å². The summed E-state index contributed by atoms with van der Waals surface area (Å²) in [6, 6.07) is 0.783. The second-order valence-corrected chi connectivity index (χ2v) is 6.72. The normalized spacial score (nSPS) is 30.9. The first-order valence-electron chi connectivity index (χ1n) is 6.87. The van der Waals surface area contributed by atoms with Crippen LogP contribution in [0.15, 0.2) is 0 Å². The zero-order valence-corrected chi connectivity index (χ0v) is 12.3. The maximum Gasteiger partial charge on any atom is 0.0100 e. The lowest BCUT2D eigenvalue weighted by atomic mass is 9.74. The van der Waals surface area contributed by atoms with E-state index in [2.05, 4.69) is 32.3 Å². The molecule has 0 radical (unpaired) electrons. The first-order valence-corrected chi connectivity index (χ1v) is 8.26. The molecule has 1 aliphatic carbocycles. The molecule has 1 nitrogen and oxygen atoms in total. The van der Waals surface area contributed by atoms with E-state index in [1.807, 2.05) is 11.8 Å². The molecule has 0 aromatic rings. The predicted molar refractivity (Wildman–Crippen MR) is 76.1 cm³/mol. The van der Waals surface area contributed by atoms with Crippen molar-refractivity contribution >= 4 is 11.8 Å². The number of rotatable bonds is 6. The van der Waals surface area contributed by atoms with Crippen molar-refractivity contribution in [2.24, 2.45) is 17.8 Å². The first kappa shape index (κ1) is 14.4. The molecule has 1 saturated carbocycles. The highest BCUT2D eigenvalue weighted by Crippen LogP contribution is 2.33. The third kappa shape index (κ3) is 4.67. The summed E-state index contributed by atoms with van der Waals surface area (Å²) in [5.41, 5.74) is 0. The average molecular weight is 243 g/mol. The molecule has 3 atom stereocenters. The fourth-order valence-corrected chi connectivity index (χ4v) is 3.37. The first-order chi connectivity index (χ1) is 7.65. The van der Waals surface area contributed by atoms with E-state index >= 15 is 0 Å². The monoisotopic (exact) mass is 243 g/mol. The van der Waals surface area contributed by atoms with E-state index in [0.717, 1.165) is 23.8 Å². The van der Waals surface area contributed by atoms with Crippen molar-refractivity contribution in [2.45, 2.75) is 52.5 Å². The largest absolute Gasteiger partial charge is 0.314 e. The topological polar surface area (TPSA) is 12.0 Å². The Morgan fingerprint density at radius 1 is 1.31 bits per heavy atom. The van der Waals surface area contributed by atoms with Crippen molar-refractivity contribution < 1.29 is 0 Å². The fourth-order valence-electron chi connectivity index (χ4n) is 2.94. The Labute approximate surface area is 106 Å². The second-order valence-electron chi connectivity index (χ2n) is 5.73. The Morgan fingerprint density at radius 2 is 2.06 bits per heavy atom. The summed E-state index contributed by atoms with van der Waals surface area (Å²) in [5.74, 6) is 3.96. The molecule has 1 N–H and O–H groups in total. The minimum Gasteiger partial charge on any atom is -0.314 e. The highest BCUT2D eigenvalue weighted by atomic mass is 32.2. The molecular formula is C14H29NS. The van der Waals surface area contributed by atoms with Crippen LogP contribution in [0.1, 0.15) is 46.5 Å². The van der Waals surface area contributed by atoms with Gasteiger partial charge in [0.05, 0.1) is 0 Å². The van der Waals surface area contributed by atoms with Crippen LogP contribution in [0.25, 0.3) is 0 Å². The summed E-state index contributed by atoms with van der Waals surface area (Å²) < 4.78 is 0. The zero-order chi connectivity index (χ0) is 12.0. The van der Waals surface area contributed by atoms with Crippen LogP contribution in [0, 0.1) is 17.8 Å². The number of hydrogen-bond acceptors (Lipinski definition) is 2. The molecule has 96 valence electrons. The highest BCUT2D eigenvalue weighted by molar-refractivity contribution is 7.98. The van der Waals surface area contributed by atoms with Gasteiger partial charge in [0.2, 0.25) is 0 Å². The maximum absolute atomic E-state index is 3.80. The van der Waals surface area contributed by atoms with Gasteiger partial charge in [-0.2, -0.15) is 11.8 Å². The average Bonchev–Trinajstić information content (AvgIpc) is 2.24. The Morgan fingerprint density at radius 3 is 2.69 bits per heavy atom. The standard InChI is InChI=1S/C14H29NS/c1-11(2)13-7-6-12(3)10-14(13)15-8-5-9-16-4/h11-15H,5-10H2,1-4H3. The van der Waals surface area contributed by atoms with E-state index in [1.165, 1.54) is 38.0 Å². The zero-order valence-electron chi connectivity index (χ0n) is 11.5. The molecule has 1 aliphatic rings. The molecule has 0 amide bonds. The van der Waals surface area contributed by atoms with Gasteiger partial charge in [0.1, 0.15) is 0 Å². The van der Waals surface area contributed by atoms with E-state index < -0.39 is 0 Å². The van der Waals surface area contributed by atoms with Gasteiger partial charge in [-0.1, -0.05) is 27.2 Å². The van der Waals surface area contributed by atoms with Crippen molar-refractivity contribution in [1.29, 1.82) is 0 Å². The van der Waals surface area contributed by atoms with E-state index in [9.17, 15) is 0 Å². The van der Waals surface area contributed by atoms with Crippen LogP contribution in [-0.4, -0.2) is 24.6 Å². The van der Waals surface area contributed by atoms with Crippen molar-refractivity contribution in [3.8, 4) is 0 Å². The quantitative estimate of drug-likeness (QED) is 0.712. The van der Waals surface area contributed by atoms with Crippen LogP contribution >= 0.6 is 11.8 Å². The number of nitrogens with one attached hydrogen (secondary N) is 1. The predicted octanol–water partition coefficient (Wildman–Crippen LogP) is 3.79. The molecule has 0 bridgehead atoms. The highest BCUT2D eigenvalue weighted by Gasteiger charge is 2.29. The van der Waals surface area contributed by atoms with Gasteiger partial charge in [-0.05, 0) is 55.6 Å². The van der Waals surface area contributed by atoms with E-state index in [1.54, 1.807) is 0 Å². The SMILES string of the molecule is CSCCCNC1CC(C)CCC1C(C)C. The van der Waals surface area contributed by atoms with E-state index in [4.69, 9.17) is 0 Å². The van der Waals surface area contributed by atoms with Gasteiger partial charge >= 0.3 is 0 Å². The Hall–Kier alpha value is 0.310. The van der Waals surface area contributed by atoms with Crippen molar-refractivity contribution in [2.75, 3.05) is 18.6 Å². The number of thioether (sulfide) groups is 1. The van der Waals surface area contributed by atoms with Gasteiger partial charge in [-0.3, -0.25) is 0 Å². The fraction of sp³-hybridized carbons (Fsp3) is 1.00. The second kappa shape index (κ2) is 7.60. The van der Waals surface area contributed by atoms with Gasteiger partial charge in [0.15, 0.2) is 0 Å². The molecule has 2 heteroatoms. The molecule has 1 rings (SSSR count). The van der Waals surface area contributed by atoms with Crippen LogP contribution in [0.2, 0.25) is 0 Å². The summed E-state index contributed by atoms with van der Waals surface area (Å²) >= 11 is 1.96. The summed E-state index contributed by atoms with van der Waals surface area (Å²) in [6.07, 6.45) is 7.77. The van der Waals surface area contributed by atoms with Gasteiger partial charge in [0, 0.05) is 6.04 Å². The minimum absolute atomic E-state index is 0.783. The third-order valence-corrected chi connectivity index (χ3v) is 4.65. The molecule has 3 unspecified atom stereocenters.